The summed E-state index contributed by atoms with van der Waals surface area (Å²) in [5.41, 5.74) is -2.08. The highest BCUT2D eigenvalue weighted by atomic mass is 35.5. The number of aryl methyl sites for hydroxylation is 1. The molecule has 0 N–H and O–H groups in total. The van der Waals surface area contributed by atoms with Gasteiger partial charge in [-0.15, -0.1) is 11.6 Å². The van der Waals surface area contributed by atoms with Crippen LogP contribution in [0.5, 0.6) is 0 Å². The van der Waals surface area contributed by atoms with Crippen LogP contribution in [0.3, 0.4) is 0 Å². The Morgan fingerprint density at radius 3 is 2.38 bits per heavy atom. The Balaban J connectivity index is 3.53. The second-order valence-corrected chi connectivity index (χ2v) is 3.46. The van der Waals surface area contributed by atoms with Crippen LogP contribution >= 0.6 is 11.6 Å². The van der Waals surface area contributed by atoms with Crippen LogP contribution in [0.15, 0.2) is 12.1 Å². The van der Waals surface area contributed by atoms with Crippen LogP contribution in [-0.4, -0.2) is 4.92 Å². The van der Waals surface area contributed by atoms with Crippen molar-refractivity contribution in [1.29, 1.82) is 0 Å². The van der Waals surface area contributed by atoms with Crippen LogP contribution in [0.25, 0.3) is 0 Å². The molecule has 3 nitrogen and oxygen atoms in total. The minimum atomic E-state index is -4.74. The highest BCUT2D eigenvalue weighted by Crippen LogP contribution is 2.39. The van der Waals surface area contributed by atoms with Gasteiger partial charge in [0.2, 0.25) is 0 Å². The third kappa shape index (κ3) is 2.44. The monoisotopic (exact) mass is 253 g/mol. The molecule has 0 aliphatic rings. The Morgan fingerprint density at radius 2 is 2.00 bits per heavy atom. The number of nitro benzene ring substituents is 1. The number of halogens is 4. The summed E-state index contributed by atoms with van der Waals surface area (Å²) in [7, 11) is 0. The fourth-order valence-electron chi connectivity index (χ4n) is 1.43. The highest BCUT2D eigenvalue weighted by molar-refractivity contribution is 6.17. The topological polar surface area (TPSA) is 43.1 Å². The summed E-state index contributed by atoms with van der Waals surface area (Å²) in [6.45, 7) is 1.17. The van der Waals surface area contributed by atoms with Crippen molar-refractivity contribution in [3.63, 3.8) is 0 Å². The molecule has 16 heavy (non-hydrogen) atoms. The van der Waals surface area contributed by atoms with E-state index in [-0.39, 0.29) is 11.4 Å². The molecule has 0 unspecified atom stereocenters. The zero-order valence-corrected chi connectivity index (χ0v) is 8.89. The molecule has 0 saturated heterocycles. The normalized spacial score (nSPS) is 11.6. The SMILES string of the molecule is Cc1cc(CCl)cc([N+](=O)[O-])c1C(F)(F)F. The smallest absolute Gasteiger partial charge is 0.258 e. The van der Waals surface area contributed by atoms with Crippen molar-refractivity contribution < 1.29 is 18.1 Å². The first kappa shape index (κ1) is 12.8. The maximum absolute atomic E-state index is 12.6. The van der Waals surface area contributed by atoms with E-state index < -0.39 is 22.4 Å². The predicted molar refractivity (Wildman–Crippen MR) is 52.4 cm³/mol. The molecule has 1 aromatic rings. The minimum Gasteiger partial charge on any atom is -0.258 e. The number of nitrogens with zero attached hydrogens (tertiary/aromatic N) is 1. The Bertz CT molecular complexity index is 431. The van der Waals surface area contributed by atoms with Crippen LogP contribution in [-0.2, 0) is 12.1 Å². The first-order chi connectivity index (χ1) is 7.27. The van der Waals surface area contributed by atoms with Crippen molar-refractivity contribution in [2.24, 2.45) is 0 Å². The lowest BCUT2D eigenvalue weighted by Crippen LogP contribution is -2.11. The summed E-state index contributed by atoms with van der Waals surface area (Å²) in [6, 6.07) is 2.05. The average molecular weight is 254 g/mol. The maximum atomic E-state index is 12.6. The van der Waals surface area contributed by atoms with Gasteiger partial charge in [0.05, 0.1) is 4.92 Å². The number of benzene rings is 1. The van der Waals surface area contributed by atoms with Crippen molar-refractivity contribution in [3.8, 4) is 0 Å². The summed E-state index contributed by atoms with van der Waals surface area (Å²) < 4.78 is 37.7. The van der Waals surface area contributed by atoms with Gasteiger partial charge in [0.25, 0.3) is 5.69 Å². The standard InChI is InChI=1S/C9H7ClF3NO2/c1-5-2-6(4-10)3-7(14(15)16)8(5)9(11,12)13/h2-3H,4H2,1H3. The van der Waals surface area contributed by atoms with Crippen molar-refractivity contribution >= 4 is 17.3 Å². The lowest BCUT2D eigenvalue weighted by Gasteiger charge is -2.11. The molecule has 0 radical (unpaired) electrons. The van der Waals surface area contributed by atoms with E-state index in [1.165, 1.54) is 13.0 Å². The Morgan fingerprint density at radius 1 is 1.44 bits per heavy atom. The summed E-state index contributed by atoms with van der Waals surface area (Å²) >= 11 is 5.44. The van der Waals surface area contributed by atoms with E-state index in [4.69, 9.17) is 11.6 Å². The van der Waals surface area contributed by atoms with Crippen LogP contribution in [0.1, 0.15) is 16.7 Å². The third-order valence-electron chi connectivity index (χ3n) is 2.01. The van der Waals surface area contributed by atoms with Crippen LogP contribution in [0, 0.1) is 17.0 Å². The molecule has 1 aromatic carbocycles. The molecular weight excluding hydrogens is 247 g/mol. The van der Waals surface area contributed by atoms with E-state index >= 15 is 0 Å². The van der Waals surface area contributed by atoms with Gasteiger partial charge in [-0.1, -0.05) is 6.07 Å². The predicted octanol–water partition coefficient (Wildman–Crippen LogP) is 3.66. The fraction of sp³-hybridized carbons (Fsp3) is 0.333. The van der Waals surface area contributed by atoms with Crippen LogP contribution in [0.4, 0.5) is 18.9 Å². The number of hydrogen-bond donors (Lipinski definition) is 0. The Kier molecular flexibility index (Phi) is 3.42. The van der Waals surface area contributed by atoms with E-state index in [1.54, 1.807) is 0 Å². The van der Waals surface area contributed by atoms with Crippen molar-refractivity contribution in [2.75, 3.05) is 0 Å². The number of alkyl halides is 4. The second-order valence-electron chi connectivity index (χ2n) is 3.20. The van der Waals surface area contributed by atoms with Gasteiger partial charge in [-0.2, -0.15) is 13.2 Å². The molecule has 0 fully saturated rings. The zero-order valence-electron chi connectivity index (χ0n) is 8.14. The molecule has 0 aliphatic heterocycles. The molecule has 0 amide bonds. The average Bonchev–Trinajstić information content (AvgIpc) is 2.14. The van der Waals surface area contributed by atoms with E-state index in [2.05, 4.69) is 0 Å². The van der Waals surface area contributed by atoms with Crippen molar-refractivity contribution in [1.82, 2.24) is 0 Å². The Hall–Kier alpha value is -1.30. The summed E-state index contributed by atoms with van der Waals surface area (Å²) in [6.07, 6.45) is -4.74. The van der Waals surface area contributed by atoms with Gasteiger partial charge in [-0.05, 0) is 18.1 Å². The maximum Gasteiger partial charge on any atom is 0.423 e. The fourth-order valence-corrected chi connectivity index (χ4v) is 1.59. The molecule has 0 spiro atoms. The minimum absolute atomic E-state index is 0.0696. The van der Waals surface area contributed by atoms with Gasteiger partial charge < -0.3 is 0 Å². The second kappa shape index (κ2) is 4.29. The van der Waals surface area contributed by atoms with E-state index in [9.17, 15) is 23.3 Å². The lowest BCUT2D eigenvalue weighted by atomic mass is 10.0. The first-order valence-electron chi connectivity index (χ1n) is 4.18. The molecule has 0 aromatic heterocycles. The summed E-state index contributed by atoms with van der Waals surface area (Å²) in [5, 5.41) is 10.6. The van der Waals surface area contributed by atoms with E-state index in [0.717, 1.165) is 6.07 Å². The summed E-state index contributed by atoms with van der Waals surface area (Å²) in [4.78, 5) is 9.50. The van der Waals surface area contributed by atoms with Crippen molar-refractivity contribution in [3.05, 3.63) is 38.9 Å². The first-order valence-corrected chi connectivity index (χ1v) is 4.72. The molecule has 0 aliphatic carbocycles. The van der Waals surface area contributed by atoms with Crippen molar-refractivity contribution in [2.45, 2.75) is 19.0 Å². The molecule has 0 atom stereocenters. The number of rotatable bonds is 2. The van der Waals surface area contributed by atoms with E-state index in [0.29, 0.717) is 5.56 Å². The summed E-state index contributed by atoms with van der Waals surface area (Å²) in [5.74, 6) is -0.0696. The largest absolute Gasteiger partial charge is 0.423 e. The van der Waals surface area contributed by atoms with E-state index in [1.807, 2.05) is 0 Å². The quantitative estimate of drug-likeness (QED) is 0.459. The number of nitro groups is 1. The molecule has 88 valence electrons. The Labute approximate surface area is 94.0 Å². The van der Waals surface area contributed by atoms with Crippen LogP contribution in [0.2, 0.25) is 0 Å². The molecule has 0 heterocycles. The zero-order chi connectivity index (χ0) is 12.5. The van der Waals surface area contributed by atoms with Gasteiger partial charge in [0.15, 0.2) is 0 Å². The van der Waals surface area contributed by atoms with Gasteiger partial charge >= 0.3 is 6.18 Å². The molecule has 1 rings (SSSR count). The molecular formula is C9H7ClF3NO2. The van der Waals surface area contributed by atoms with Gasteiger partial charge in [-0.3, -0.25) is 10.1 Å². The highest BCUT2D eigenvalue weighted by Gasteiger charge is 2.40. The lowest BCUT2D eigenvalue weighted by molar-refractivity contribution is -0.388. The van der Waals surface area contributed by atoms with Gasteiger partial charge in [0.1, 0.15) is 5.56 Å². The molecule has 0 saturated carbocycles. The molecule has 0 bridgehead atoms. The molecule has 7 heteroatoms. The van der Waals surface area contributed by atoms with Gasteiger partial charge in [-0.25, -0.2) is 0 Å². The number of hydrogen-bond acceptors (Lipinski definition) is 2. The third-order valence-corrected chi connectivity index (χ3v) is 2.32. The van der Waals surface area contributed by atoms with Crippen LogP contribution < -0.4 is 0 Å². The van der Waals surface area contributed by atoms with Gasteiger partial charge in [0, 0.05) is 11.9 Å².